The molecule has 144 valence electrons. The van der Waals surface area contributed by atoms with Crippen molar-refractivity contribution in [3.05, 3.63) is 40.8 Å². The quantitative estimate of drug-likeness (QED) is 0.824. The first-order valence-corrected chi connectivity index (χ1v) is 9.59. The predicted octanol–water partition coefficient (Wildman–Crippen LogP) is 3.53. The molecule has 1 saturated carbocycles. The van der Waals surface area contributed by atoms with Crippen LogP contribution in [0.15, 0.2) is 22.7 Å². The van der Waals surface area contributed by atoms with Crippen LogP contribution in [-0.2, 0) is 16.8 Å². The molecular weight excluding hydrogens is 344 g/mol. The Morgan fingerprint density at radius 2 is 1.85 bits per heavy atom. The van der Waals surface area contributed by atoms with E-state index in [4.69, 9.17) is 14.0 Å². The maximum absolute atomic E-state index is 13.6. The number of ether oxygens (including phenoxy) is 2. The SMILES string of the molecule is Cc1noc(C)c1CN(C)C(=O)C1(c2ccc3c(c2)OCCO3)CCCC1. The summed E-state index contributed by atoms with van der Waals surface area (Å²) in [7, 11) is 1.87. The molecule has 1 aliphatic heterocycles. The summed E-state index contributed by atoms with van der Waals surface area (Å²) in [6, 6.07) is 5.97. The minimum Gasteiger partial charge on any atom is -0.486 e. The van der Waals surface area contributed by atoms with Crippen LogP contribution < -0.4 is 9.47 Å². The van der Waals surface area contributed by atoms with Gasteiger partial charge in [-0.3, -0.25) is 4.79 Å². The topological polar surface area (TPSA) is 64.8 Å². The van der Waals surface area contributed by atoms with E-state index in [1.54, 1.807) is 0 Å². The molecule has 1 aliphatic carbocycles. The van der Waals surface area contributed by atoms with Crippen LogP contribution in [0.2, 0.25) is 0 Å². The number of aromatic nitrogens is 1. The zero-order chi connectivity index (χ0) is 19.0. The Morgan fingerprint density at radius 3 is 2.52 bits per heavy atom. The summed E-state index contributed by atoms with van der Waals surface area (Å²) in [5.74, 6) is 2.42. The van der Waals surface area contributed by atoms with Crippen molar-refractivity contribution in [1.82, 2.24) is 10.1 Å². The van der Waals surface area contributed by atoms with Crippen LogP contribution in [0.4, 0.5) is 0 Å². The van der Waals surface area contributed by atoms with Gasteiger partial charge in [0.05, 0.1) is 17.7 Å². The number of hydrogen-bond donors (Lipinski definition) is 0. The summed E-state index contributed by atoms with van der Waals surface area (Å²) in [4.78, 5) is 15.4. The van der Waals surface area contributed by atoms with Gasteiger partial charge in [0.25, 0.3) is 0 Å². The maximum atomic E-state index is 13.6. The van der Waals surface area contributed by atoms with Gasteiger partial charge in [-0.25, -0.2) is 0 Å². The van der Waals surface area contributed by atoms with Crippen molar-refractivity contribution in [3.8, 4) is 11.5 Å². The third-order valence-corrected chi connectivity index (χ3v) is 5.88. The van der Waals surface area contributed by atoms with Gasteiger partial charge in [0.15, 0.2) is 11.5 Å². The molecule has 0 N–H and O–H groups in total. The largest absolute Gasteiger partial charge is 0.486 e. The third-order valence-electron chi connectivity index (χ3n) is 5.88. The molecule has 2 heterocycles. The van der Waals surface area contributed by atoms with Crippen molar-refractivity contribution in [2.45, 2.75) is 51.5 Å². The number of carbonyl (C=O) groups is 1. The summed E-state index contributed by atoms with van der Waals surface area (Å²) >= 11 is 0. The second-order valence-corrected chi connectivity index (χ2v) is 7.61. The molecule has 6 nitrogen and oxygen atoms in total. The van der Waals surface area contributed by atoms with E-state index >= 15 is 0 Å². The van der Waals surface area contributed by atoms with Crippen LogP contribution in [0.25, 0.3) is 0 Å². The lowest BCUT2D eigenvalue weighted by Gasteiger charge is -2.33. The Bertz CT molecular complexity index is 832. The molecule has 2 aromatic rings. The molecule has 27 heavy (non-hydrogen) atoms. The number of rotatable bonds is 4. The molecule has 6 heteroatoms. The first-order chi connectivity index (χ1) is 13.0. The van der Waals surface area contributed by atoms with E-state index in [0.29, 0.717) is 19.8 Å². The van der Waals surface area contributed by atoms with Gasteiger partial charge in [-0.2, -0.15) is 0 Å². The minimum absolute atomic E-state index is 0.150. The molecule has 2 aliphatic rings. The van der Waals surface area contributed by atoms with Crippen LogP contribution in [0.3, 0.4) is 0 Å². The molecule has 1 amide bonds. The highest BCUT2D eigenvalue weighted by Crippen LogP contribution is 2.45. The van der Waals surface area contributed by atoms with Gasteiger partial charge in [-0.05, 0) is 44.4 Å². The molecule has 0 radical (unpaired) electrons. The lowest BCUT2D eigenvalue weighted by atomic mass is 9.77. The molecule has 0 saturated heterocycles. The van der Waals surface area contributed by atoms with Gasteiger partial charge in [-0.15, -0.1) is 0 Å². The van der Waals surface area contributed by atoms with E-state index in [0.717, 1.165) is 59.8 Å². The van der Waals surface area contributed by atoms with Gasteiger partial charge in [0.2, 0.25) is 5.91 Å². The lowest BCUT2D eigenvalue weighted by Crippen LogP contribution is -2.43. The Kier molecular flexibility index (Phi) is 4.58. The Morgan fingerprint density at radius 1 is 1.15 bits per heavy atom. The molecule has 0 spiro atoms. The van der Waals surface area contributed by atoms with Crippen molar-refractivity contribution in [3.63, 3.8) is 0 Å². The lowest BCUT2D eigenvalue weighted by molar-refractivity contribution is -0.136. The van der Waals surface area contributed by atoms with E-state index < -0.39 is 5.41 Å². The first kappa shape index (κ1) is 17.9. The maximum Gasteiger partial charge on any atom is 0.233 e. The van der Waals surface area contributed by atoms with Gasteiger partial charge in [0.1, 0.15) is 19.0 Å². The van der Waals surface area contributed by atoms with Gasteiger partial charge in [-0.1, -0.05) is 24.1 Å². The highest BCUT2D eigenvalue weighted by molar-refractivity contribution is 5.88. The van der Waals surface area contributed by atoms with Gasteiger partial charge < -0.3 is 18.9 Å². The van der Waals surface area contributed by atoms with Crippen molar-refractivity contribution in [1.29, 1.82) is 0 Å². The second-order valence-electron chi connectivity index (χ2n) is 7.61. The zero-order valence-corrected chi connectivity index (χ0v) is 16.2. The van der Waals surface area contributed by atoms with Crippen LogP contribution in [0.1, 0.15) is 48.3 Å². The molecule has 0 bridgehead atoms. The number of carbonyl (C=O) groups excluding carboxylic acids is 1. The highest BCUT2D eigenvalue weighted by Gasteiger charge is 2.45. The summed E-state index contributed by atoms with van der Waals surface area (Å²) in [6.45, 7) is 5.42. The van der Waals surface area contributed by atoms with E-state index in [1.165, 1.54) is 0 Å². The average Bonchev–Trinajstić information content (AvgIpc) is 3.30. The predicted molar refractivity (Wildman–Crippen MR) is 100 cm³/mol. The number of aryl methyl sites for hydroxylation is 2. The normalized spacial score (nSPS) is 17.7. The summed E-state index contributed by atoms with van der Waals surface area (Å²) in [5, 5.41) is 4.01. The van der Waals surface area contributed by atoms with E-state index in [9.17, 15) is 4.79 Å². The fourth-order valence-corrected chi connectivity index (χ4v) is 4.35. The van der Waals surface area contributed by atoms with E-state index in [-0.39, 0.29) is 5.91 Å². The zero-order valence-electron chi connectivity index (χ0n) is 16.2. The van der Waals surface area contributed by atoms with Crippen LogP contribution in [-0.4, -0.2) is 36.2 Å². The van der Waals surface area contributed by atoms with E-state index in [1.807, 2.05) is 44.0 Å². The van der Waals surface area contributed by atoms with Crippen molar-refractivity contribution in [2.24, 2.45) is 0 Å². The molecule has 1 aromatic heterocycles. The molecule has 0 atom stereocenters. The second kappa shape index (κ2) is 6.91. The molecule has 0 unspecified atom stereocenters. The van der Waals surface area contributed by atoms with E-state index in [2.05, 4.69) is 5.16 Å². The Hall–Kier alpha value is -2.50. The monoisotopic (exact) mass is 370 g/mol. The average molecular weight is 370 g/mol. The first-order valence-electron chi connectivity index (χ1n) is 9.59. The third kappa shape index (κ3) is 3.07. The summed E-state index contributed by atoms with van der Waals surface area (Å²) in [6.07, 6.45) is 3.83. The molecule has 4 rings (SSSR count). The number of hydrogen-bond acceptors (Lipinski definition) is 5. The Labute approximate surface area is 159 Å². The van der Waals surface area contributed by atoms with Crippen LogP contribution >= 0.6 is 0 Å². The summed E-state index contributed by atoms with van der Waals surface area (Å²) in [5.41, 5.74) is 2.36. The number of benzene rings is 1. The fourth-order valence-electron chi connectivity index (χ4n) is 4.35. The van der Waals surface area contributed by atoms with Crippen LogP contribution in [0.5, 0.6) is 11.5 Å². The number of nitrogens with zero attached hydrogens (tertiary/aromatic N) is 2. The number of amides is 1. The van der Waals surface area contributed by atoms with Gasteiger partial charge in [0, 0.05) is 12.6 Å². The Balaban J connectivity index is 1.64. The summed E-state index contributed by atoms with van der Waals surface area (Å²) < 4.78 is 16.7. The van der Waals surface area contributed by atoms with Gasteiger partial charge >= 0.3 is 0 Å². The van der Waals surface area contributed by atoms with Crippen molar-refractivity contribution in [2.75, 3.05) is 20.3 Å². The molecule has 1 fully saturated rings. The van der Waals surface area contributed by atoms with Crippen molar-refractivity contribution >= 4 is 5.91 Å². The van der Waals surface area contributed by atoms with Crippen LogP contribution in [0, 0.1) is 13.8 Å². The standard InChI is InChI=1S/C21H26N2O4/c1-14-17(15(2)27-22-14)13-23(3)20(24)21(8-4-5-9-21)16-6-7-18-19(12-16)26-11-10-25-18/h6-7,12H,4-5,8-11,13H2,1-3H3. The molecule has 1 aromatic carbocycles. The van der Waals surface area contributed by atoms with Crippen molar-refractivity contribution < 1.29 is 18.8 Å². The minimum atomic E-state index is -0.496. The smallest absolute Gasteiger partial charge is 0.233 e. The number of fused-ring (bicyclic) bond motifs is 1. The highest BCUT2D eigenvalue weighted by atomic mass is 16.6. The molecular formula is C21H26N2O4. The fraction of sp³-hybridized carbons (Fsp3) is 0.524. The number of likely N-dealkylation sites (N-methyl/N-ethyl adjacent to an activating group) is 1.